The van der Waals surface area contributed by atoms with Crippen LogP contribution in [-0.4, -0.2) is 20.5 Å². The first-order chi connectivity index (χ1) is 8.72. The molecule has 0 heterocycles. The monoisotopic (exact) mass is 348 g/mol. The van der Waals surface area contributed by atoms with E-state index in [4.69, 9.17) is 5.73 Å². The fourth-order valence-corrected chi connectivity index (χ4v) is 3.71. The number of sulfonamides is 1. The van der Waals surface area contributed by atoms with E-state index in [2.05, 4.69) is 20.7 Å². The van der Waals surface area contributed by atoms with Crippen LogP contribution >= 0.6 is 15.9 Å². The highest BCUT2D eigenvalue weighted by Crippen LogP contribution is 2.19. The van der Waals surface area contributed by atoms with Crippen molar-refractivity contribution in [3.05, 3.63) is 28.2 Å². The lowest BCUT2D eigenvalue weighted by Crippen LogP contribution is -2.49. The van der Waals surface area contributed by atoms with Gasteiger partial charge in [-0.15, -0.1) is 0 Å². The van der Waals surface area contributed by atoms with Crippen LogP contribution in [0, 0.1) is 6.92 Å². The van der Waals surface area contributed by atoms with Gasteiger partial charge in [0.15, 0.2) is 0 Å². The Balaban J connectivity index is 2.93. The van der Waals surface area contributed by atoms with Gasteiger partial charge in [0.2, 0.25) is 10.0 Å². The van der Waals surface area contributed by atoms with Gasteiger partial charge in [0.1, 0.15) is 0 Å². The molecule has 0 spiro atoms. The van der Waals surface area contributed by atoms with Crippen LogP contribution in [0.25, 0.3) is 0 Å². The van der Waals surface area contributed by atoms with E-state index >= 15 is 0 Å². The van der Waals surface area contributed by atoms with Gasteiger partial charge in [-0.25, -0.2) is 13.1 Å². The zero-order chi connectivity index (χ0) is 14.7. The summed E-state index contributed by atoms with van der Waals surface area (Å²) in [5, 5.41) is 0. The Labute approximate surface area is 124 Å². The van der Waals surface area contributed by atoms with Crippen LogP contribution in [0.5, 0.6) is 0 Å². The molecule has 1 aromatic rings. The van der Waals surface area contributed by atoms with Crippen molar-refractivity contribution in [1.82, 2.24) is 4.72 Å². The van der Waals surface area contributed by atoms with Gasteiger partial charge in [0, 0.05) is 16.6 Å². The summed E-state index contributed by atoms with van der Waals surface area (Å²) in [6.07, 6.45) is 1.45. The fraction of sp³-hybridized carbons (Fsp3) is 0.538. The summed E-state index contributed by atoms with van der Waals surface area (Å²) in [6, 6.07) is 5.10. The minimum atomic E-state index is -3.52. The molecule has 0 radical (unpaired) electrons. The molecule has 0 saturated heterocycles. The van der Waals surface area contributed by atoms with Gasteiger partial charge in [-0.05, 0) is 43.5 Å². The molecule has 1 rings (SSSR count). The summed E-state index contributed by atoms with van der Waals surface area (Å²) < 4.78 is 27.8. The lowest BCUT2D eigenvalue weighted by molar-refractivity contribution is 0.392. The molecule has 0 aliphatic carbocycles. The van der Waals surface area contributed by atoms with Crippen molar-refractivity contribution in [3.63, 3.8) is 0 Å². The third kappa shape index (κ3) is 4.56. The third-order valence-corrected chi connectivity index (χ3v) is 5.19. The lowest BCUT2D eigenvalue weighted by atomic mass is 9.95. The van der Waals surface area contributed by atoms with E-state index < -0.39 is 15.6 Å². The normalized spacial score (nSPS) is 12.7. The van der Waals surface area contributed by atoms with E-state index in [1.165, 1.54) is 0 Å². The van der Waals surface area contributed by atoms with Gasteiger partial charge in [-0.3, -0.25) is 0 Å². The smallest absolute Gasteiger partial charge is 0.240 e. The van der Waals surface area contributed by atoms with Crippen molar-refractivity contribution in [2.24, 2.45) is 5.73 Å². The Morgan fingerprint density at radius 1 is 1.26 bits per heavy atom. The van der Waals surface area contributed by atoms with E-state index in [9.17, 15) is 8.42 Å². The maximum atomic E-state index is 12.2. The second-order valence-corrected chi connectivity index (χ2v) is 7.54. The number of aryl methyl sites for hydroxylation is 1. The predicted octanol–water partition coefficient (Wildman–Crippen LogP) is 2.55. The highest BCUT2D eigenvalue weighted by Gasteiger charge is 2.24. The Morgan fingerprint density at radius 3 is 2.32 bits per heavy atom. The van der Waals surface area contributed by atoms with E-state index in [0.29, 0.717) is 0 Å². The molecular formula is C13H21BrN2O2S. The van der Waals surface area contributed by atoms with Crippen LogP contribution in [0.1, 0.15) is 32.3 Å². The number of nitrogens with one attached hydrogen (secondary N) is 1. The topological polar surface area (TPSA) is 72.2 Å². The average molecular weight is 349 g/mol. The van der Waals surface area contributed by atoms with Crippen LogP contribution in [0.4, 0.5) is 0 Å². The highest BCUT2D eigenvalue weighted by molar-refractivity contribution is 9.10. The number of benzene rings is 1. The Bertz CT molecular complexity index is 519. The van der Waals surface area contributed by atoms with Gasteiger partial charge in [0.05, 0.1) is 4.90 Å². The Kier molecular flexibility index (Phi) is 5.55. The van der Waals surface area contributed by atoms with Crippen LogP contribution in [0.15, 0.2) is 27.6 Å². The van der Waals surface area contributed by atoms with Crippen LogP contribution in [0.2, 0.25) is 0 Å². The molecule has 19 heavy (non-hydrogen) atoms. The van der Waals surface area contributed by atoms with Crippen LogP contribution in [0.3, 0.4) is 0 Å². The molecule has 0 amide bonds. The van der Waals surface area contributed by atoms with Crippen molar-refractivity contribution in [1.29, 1.82) is 0 Å². The first kappa shape index (κ1) is 16.6. The number of halogens is 1. The van der Waals surface area contributed by atoms with E-state index in [1.54, 1.807) is 12.1 Å². The van der Waals surface area contributed by atoms with E-state index in [0.717, 1.165) is 22.9 Å². The van der Waals surface area contributed by atoms with Crippen molar-refractivity contribution >= 4 is 26.0 Å². The maximum absolute atomic E-state index is 12.2. The zero-order valence-electron chi connectivity index (χ0n) is 11.5. The number of hydrogen-bond acceptors (Lipinski definition) is 3. The molecule has 0 aliphatic rings. The summed E-state index contributed by atoms with van der Waals surface area (Å²) >= 11 is 3.31. The minimum Gasteiger partial charge on any atom is -0.324 e. The molecule has 0 fully saturated rings. The van der Waals surface area contributed by atoms with Gasteiger partial charge < -0.3 is 5.73 Å². The average Bonchev–Trinajstić information content (AvgIpc) is 2.35. The van der Waals surface area contributed by atoms with Crippen molar-refractivity contribution < 1.29 is 8.42 Å². The molecule has 0 aliphatic heterocycles. The zero-order valence-corrected chi connectivity index (χ0v) is 13.9. The molecule has 0 saturated carbocycles. The first-order valence-corrected chi connectivity index (χ1v) is 8.56. The predicted molar refractivity (Wildman–Crippen MR) is 81.6 cm³/mol. The fourth-order valence-electron chi connectivity index (χ4n) is 1.68. The highest BCUT2D eigenvalue weighted by atomic mass is 79.9. The van der Waals surface area contributed by atoms with Gasteiger partial charge >= 0.3 is 0 Å². The lowest BCUT2D eigenvalue weighted by Gasteiger charge is -2.26. The largest absolute Gasteiger partial charge is 0.324 e. The molecule has 3 N–H and O–H groups in total. The Morgan fingerprint density at radius 2 is 1.84 bits per heavy atom. The summed E-state index contributed by atoms with van der Waals surface area (Å²) in [5.41, 5.74) is 6.50. The molecule has 4 nitrogen and oxygen atoms in total. The molecule has 108 valence electrons. The maximum Gasteiger partial charge on any atom is 0.240 e. The molecular weight excluding hydrogens is 328 g/mol. The number of rotatable bonds is 6. The van der Waals surface area contributed by atoms with Crippen LogP contribution < -0.4 is 10.5 Å². The molecule has 1 aromatic carbocycles. The van der Waals surface area contributed by atoms with Crippen molar-refractivity contribution in [3.8, 4) is 0 Å². The molecule has 0 bridgehead atoms. The van der Waals surface area contributed by atoms with Crippen molar-refractivity contribution in [2.75, 3.05) is 6.54 Å². The minimum absolute atomic E-state index is 0.244. The molecule has 0 aromatic heterocycles. The number of hydrogen-bond donors (Lipinski definition) is 2. The quantitative estimate of drug-likeness (QED) is 0.829. The van der Waals surface area contributed by atoms with E-state index in [-0.39, 0.29) is 11.4 Å². The van der Waals surface area contributed by atoms with Crippen molar-refractivity contribution in [2.45, 2.75) is 44.0 Å². The second-order valence-electron chi connectivity index (χ2n) is 4.86. The summed E-state index contributed by atoms with van der Waals surface area (Å²) in [6.45, 7) is 6.02. The summed E-state index contributed by atoms with van der Waals surface area (Å²) in [7, 11) is -3.52. The molecule has 6 heteroatoms. The second kappa shape index (κ2) is 6.35. The van der Waals surface area contributed by atoms with Gasteiger partial charge in [-0.1, -0.05) is 29.8 Å². The summed E-state index contributed by atoms with van der Waals surface area (Å²) in [5.74, 6) is 0. The third-order valence-electron chi connectivity index (χ3n) is 3.35. The van der Waals surface area contributed by atoms with E-state index in [1.807, 2.05) is 26.8 Å². The first-order valence-electron chi connectivity index (χ1n) is 6.28. The summed E-state index contributed by atoms with van der Waals surface area (Å²) in [4.78, 5) is 0.258. The molecule has 0 atom stereocenters. The Hall–Kier alpha value is -0.430. The SMILES string of the molecule is CCC(N)(CC)CNS(=O)(=O)c1cc(C)cc(Br)c1. The molecule has 0 unspecified atom stereocenters. The number of nitrogens with two attached hydrogens (primary N) is 1. The van der Waals surface area contributed by atoms with Gasteiger partial charge in [0.25, 0.3) is 0 Å². The van der Waals surface area contributed by atoms with Crippen LogP contribution in [-0.2, 0) is 10.0 Å². The van der Waals surface area contributed by atoms with Gasteiger partial charge in [-0.2, -0.15) is 0 Å². The standard InChI is InChI=1S/C13H21BrN2O2S/c1-4-13(15,5-2)9-16-19(17,18)12-7-10(3)6-11(14)8-12/h6-8,16H,4-5,9,15H2,1-3H3.